The summed E-state index contributed by atoms with van der Waals surface area (Å²) in [5.41, 5.74) is 0.616. The molecule has 0 radical (unpaired) electrons. The molecule has 1 spiro atoms. The molecule has 2 aliphatic heterocycles. The van der Waals surface area contributed by atoms with Crippen LogP contribution in [0.1, 0.15) is 41.6 Å². The van der Waals surface area contributed by atoms with E-state index in [1.165, 1.54) is 28.7 Å². The molecule has 1 N–H and O–H groups in total. The van der Waals surface area contributed by atoms with E-state index in [9.17, 15) is 24.8 Å². The van der Waals surface area contributed by atoms with Crippen molar-refractivity contribution in [2.24, 2.45) is 5.92 Å². The maximum atomic E-state index is 16.5. The third-order valence-corrected chi connectivity index (χ3v) is 13.2. The van der Waals surface area contributed by atoms with Crippen LogP contribution >= 0.6 is 0 Å². The van der Waals surface area contributed by atoms with Gasteiger partial charge in [-0.15, -0.1) is 5.10 Å². The van der Waals surface area contributed by atoms with Crippen LogP contribution in [0.15, 0.2) is 102 Å². The predicted octanol–water partition coefficient (Wildman–Crippen LogP) is 5.88. The fourth-order valence-corrected chi connectivity index (χ4v) is 10.8. The van der Waals surface area contributed by atoms with E-state index in [0.717, 1.165) is 5.56 Å². The van der Waals surface area contributed by atoms with Crippen LogP contribution in [0.3, 0.4) is 0 Å². The van der Waals surface area contributed by atoms with Crippen molar-refractivity contribution in [1.29, 1.82) is 0 Å². The molecule has 1 amide bonds. The van der Waals surface area contributed by atoms with Gasteiger partial charge in [0, 0.05) is 53.8 Å². The number of hydrogen-bond donors (Lipinski definition) is 1. The lowest BCUT2D eigenvalue weighted by molar-refractivity contribution is -0.385. The molecule has 280 valence electrons. The molecule has 5 aromatic rings. The molecular weight excluding hydrogens is 712 g/mol. The van der Waals surface area contributed by atoms with E-state index in [2.05, 4.69) is 10.3 Å². The summed E-state index contributed by atoms with van der Waals surface area (Å²) in [6.07, 6.45) is 2.95. The fourth-order valence-electron chi connectivity index (χ4n) is 8.29. The van der Waals surface area contributed by atoms with Crippen molar-refractivity contribution in [3.8, 4) is 11.4 Å². The molecule has 2 aromatic heterocycles. The molecule has 1 fully saturated rings. The van der Waals surface area contributed by atoms with Crippen LogP contribution in [0, 0.1) is 16.0 Å². The molecule has 15 heteroatoms. The second kappa shape index (κ2) is 14.4. The topological polar surface area (TPSA) is 155 Å². The average Bonchev–Trinajstić information content (AvgIpc) is 3.81. The van der Waals surface area contributed by atoms with Gasteiger partial charge in [0.1, 0.15) is 0 Å². The number of carbonyl (C=O) groups is 1. The van der Waals surface area contributed by atoms with E-state index in [0.29, 0.717) is 41.2 Å². The second-order valence-electron chi connectivity index (χ2n) is 14.4. The van der Waals surface area contributed by atoms with Gasteiger partial charge < -0.3 is 23.6 Å². The standard InChI is InChI=1S/C39H41FN6O7Si/c1-25-36(54(3,4)40)34(17-19-43-23-32(41-42-43)30(24-47)27-11-6-5-7-12-27)53-39(25)31-21-29(46(50)51)15-16-33(31)45(38(39)49)22-26-10-8-13-28(20-26)44-18-9-14-35(52-2)37(44)48/h5-16,18,20-21,23,25,30,34,36,47H,17,19,22,24H2,1-4H3/t25-,30?,34+,36-,39+/m0/s1. The fraction of sp³-hybridized carbons (Fsp3) is 0.333. The molecule has 7 rings (SSSR count). The van der Waals surface area contributed by atoms with Crippen molar-refractivity contribution in [2.45, 2.75) is 62.7 Å². The van der Waals surface area contributed by atoms with Crippen molar-refractivity contribution in [3.63, 3.8) is 0 Å². The number of methoxy groups -OCH3 is 1. The zero-order valence-electron chi connectivity index (χ0n) is 30.3. The van der Waals surface area contributed by atoms with Crippen molar-refractivity contribution in [2.75, 3.05) is 18.6 Å². The Kier molecular flexibility index (Phi) is 9.81. The van der Waals surface area contributed by atoms with E-state index in [-0.39, 0.29) is 36.1 Å². The van der Waals surface area contributed by atoms with Crippen LogP contribution in [0.25, 0.3) is 5.69 Å². The highest BCUT2D eigenvalue weighted by molar-refractivity contribution is 6.72. The minimum atomic E-state index is -3.54. The molecule has 0 aliphatic carbocycles. The van der Waals surface area contributed by atoms with Crippen LogP contribution < -0.4 is 15.2 Å². The van der Waals surface area contributed by atoms with Gasteiger partial charge in [0.2, 0.25) is 8.41 Å². The molecule has 1 unspecified atom stereocenters. The van der Waals surface area contributed by atoms with Gasteiger partial charge in [-0.3, -0.25) is 29.0 Å². The number of aromatic nitrogens is 4. The Morgan fingerprint density at radius 2 is 1.85 bits per heavy atom. The summed E-state index contributed by atoms with van der Waals surface area (Å²) in [5.74, 6) is -1.30. The van der Waals surface area contributed by atoms with Gasteiger partial charge in [0.15, 0.2) is 11.4 Å². The number of anilines is 1. The number of rotatable bonds is 12. The highest BCUT2D eigenvalue weighted by Gasteiger charge is 2.67. The van der Waals surface area contributed by atoms with Crippen molar-refractivity contribution in [3.05, 3.63) is 140 Å². The maximum absolute atomic E-state index is 16.5. The first kappa shape index (κ1) is 36.8. The van der Waals surface area contributed by atoms with Crippen LogP contribution in [0.4, 0.5) is 15.5 Å². The average molecular weight is 753 g/mol. The first-order valence-electron chi connectivity index (χ1n) is 17.8. The predicted molar refractivity (Wildman–Crippen MR) is 201 cm³/mol. The summed E-state index contributed by atoms with van der Waals surface area (Å²) >= 11 is 0. The number of fused-ring (bicyclic) bond motifs is 2. The SMILES string of the molecule is COc1cccn(-c2cccc(CN3C(=O)[C@]4(O[C@H](CCn5cc(C(CO)c6ccccc6)nn5)[C@@H]([Si](C)(C)F)[C@@H]4C)c4cc([N+](=O)[O-])ccc43)c2)c1=O. The number of nitro benzene ring substituents is 1. The molecule has 13 nitrogen and oxygen atoms in total. The number of pyridine rings is 1. The smallest absolute Gasteiger partial charge is 0.297 e. The van der Waals surface area contributed by atoms with Gasteiger partial charge in [-0.1, -0.05) is 54.6 Å². The van der Waals surface area contributed by atoms with Gasteiger partial charge >= 0.3 is 0 Å². The zero-order valence-corrected chi connectivity index (χ0v) is 31.3. The number of halogens is 1. The number of nitrogens with zero attached hydrogens (tertiary/aromatic N) is 6. The molecule has 0 saturated carbocycles. The number of nitro groups is 1. The molecule has 54 heavy (non-hydrogen) atoms. The monoisotopic (exact) mass is 752 g/mol. The van der Waals surface area contributed by atoms with Crippen LogP contribution in [0.5, 0.6) is 5.75 Å². The third-order valence-electron chi connectivity index (χ3n) is 10.8. The van der Waals surface area contributed by atoms with E-state index >= 15 is 4.11 Å². The number of aliphatic hydroxyl groups excluding tert-OH is 1. The summed E-state index contributed by atoms with van der Waals surface area (Å²) in [6.45, 7) is 5.20. The highest BCUT2D eigenvalue weighted by Crippen LogP contribution is 2.60. The summed E-state index contributed by atoms with van der Waals surface area (Å²) < 4.78 is 31.6. The number of carbonyl (C=O) groups excluding carboxylic acids is 1. The lowest BCUT2D eigenvalue weighted by atomic mass is 9.82. The Morgan fingerprint density at radius 1 is 1.07 bits per heavy atom. The number of benzene rings is 3. The number of hydrogen-bond acceptors (Lipinski definition) is 9. The maximum Gasteiger partial charge on any atom is 0.297 e. The second-order valence-corrected chi connectivity index (χ2v) is 18.2. The molecule has 0 bridgehead atoms. The summed E-state index contributed by atoms with van der Waals surface area (Å²) in [5, 5.41) is 30.8. The first-order chi connectivity index (χ1) is 25.9. The van der Waals surface area contributed by atoms with E-state index < -0.39 is 42.4 Å². The van der Waals surface area contributed by atoms with Crippen molar-refractivity contribution in [1.82, 2.24) is 19.6 Å². The summed E-state index contributed by atoms with van der Waals surface area (Å²) in [4.78, 5) is 41.0. The minimum absolute atomic E-state index is 0.0645. The zero-order chi connectivity index (χ0) is 38.4. The Balaban J connectivity index is 1.22. The minimum Gasteiger partial charge on any atom is -0.491 e. The van der Waals surface area contributed by atoms with Crippen LogP contribution in [0.2, 0.25) is 18.6 Å². The first-order valence-corrected chi connectivity index (χ1v) is 20.7. The Bertz CT molecular complexity index is 2260. The number of aliphatic hydroxyl groups is 1. The molecule has 4 heterocycles. The van der Waals surface area contributed by atoms with Crippen LogP contribution in [-0.4, -0.2) is 63.7 Å². The van der Waals surface area contributed by atoms with Gasteiger partial charge in [0.25, 0.3) is 17.2 Å². The summed E-state index contributed by atoms with van der Waals surface area (Å²) in [6, 6.07) is 24.2. The molecular formula is C39H41FN6O7Si. The lowest BCUT2D eigenvalue weighted by Crippen LogP contribution is -2.45. The van der Waals surface area contributed by atoms with Crippen molar-refractivity contribution < 1.29 is 28.4 Å². The lowest BCUT2D eigenvalue weighted by Gasteiger charge is -2.31. The quantitative estimate of drug-likeness (QED) is 0.0712. The van der Waals surface area contributed by atoms with Crippen LogP contribution in [-0.2, 0) is 28.2 Å². The van der Waals surface area contributed by atoms with Crippen molar-refractivity contribution >= 4 is 25.7 Å². The molecule has 1 saturated heterocycles. The Morgan fingerprint density at radius 3 is 2.56 bits per heavy atom. The number of aryl methyl sites for hydroxylation is 1. The molecule has 2 aliphatic rings. The number of non-ortho nitro benzene ring substituents is 1. The third kappa shape index (κ3) is 6.41. The van der Waals surface area contributed by atoms with E-state index in [1.807, 2.05) is 36.4 Å². The van der Waals surface area contributed by atoms with Gasteiger partial charge in [-0.25, -0.2) is 0 Å². The van der Waals surface area contributed by atoms with Gasteiger partial charge in [-0.2, -0.15) is 0 Å². The van der Waals surface area contributed by atoms with E-state index in [1.54, 1.807) is 73.5 Å². The summed E-state index contributed by atoms with van der Waals surface area (Å²) in [7, 11) is -2.11. The number of amides is 1. The largest absolute Gasteiger partial charge is 0.491 e. The van der Waals surface area contributed by atoms with E-state index in [4.69, 9.17) is 9.47 Å². The van der Waals surface area contributed by atoms with Gasteiger partial charge in [-0.05, 0) is 61.0 Å². The Hall–Kier alpha value is -5.51. The number of ether oxygens (including phenoxy) is 2. The van der Waals surface area contributed by atoms with Gasteiger partial charge in [0.05, 0.1) is 48.6 Å². The highest BCUT2D eigenvalue weighted by atomic mass is 28.4. The Labute approximate surface area is 311 Å². The molecule has 5 atom stereocenters. The normalized spacial score (nSPS) is 21.4. The molecule has 3 aromatic carbocycles.